The van der Waals surface area contributed by atoms with Crippen molar-refractivity contribution in [1.29, 1.82) is 0 Å². The minimum Gasteiger partial charge on any atom is -0.478 e. The first kappa shape index (κ1) is 17.6. The van der Waals surface area contributed by atoms with E-state index < -0.39 is 0 Å². The van der Waals surface area contributed by atoms with Crippen LogP contribution in [0, 0.1) is 5.92 Å². The molecule has 2 N–H and O–H groups in total. The maximum absolute atomic E-state index is 5.50. The van der Waals surface area contributed by atoms with E-state index in [0.717, 1.165) is 23.9 Å². The molecular weight excluding hydrogens is 288 g/mol. The lowest BCUT2D eigenvalue weighted by atomic mass is 9.87. The molecule has 0 aliphatic heterocycles. The number of aliphatic imine (C=N–C) groups is 1. The van der Waals surface area contributed by atoms with Gasteiger partial charge in [-0.1, -0.05) is 19.9 Å². The fourth-order valence-corrected chi connectivity index (χ4v) is 2.79. The molecule has 0 bridgehead atoms. The van der Waals surface area contributed by atoms with Gasteiger partial charge in [-0.05, 0) is 43.6 Å². The highest BCUT2D eigenvalue weighted by molar-refractivity contribution is 5.79. The van der Waals surface area contributed by atoms with Crippen LogP contribution < -0.4 is 15.4 Å². The Hall–Kier alpha value is -1.78. The summed E-state index contributed by atoms with van der Waals surface area (Å²) in [5.41, 5.74) is 1.12. The number of ether oxygens (including phenoxy) is 1. The van der Waals surface area contributed by atoms with Crippen LogP contribution in [-0.4, -0.2) is 30.6 Å². The molecule has 1 aromatic heterocycles. The number of hydrogen-bond donors (Lipinski definition) is 2. The molecule has 0 atom stereocenters. The zero-order chi connectivity index (χ0) is 16.5. The van der Waals surface area contributed by atoms with Gasteiger partial charge in [-0.3, -0.25) is 4.99 Å². The smallest absolute Gasteiger partial charge is 0.213 e. The van der Waals surface area contributed by atoms with Crippen molar-refractivity contribution in [2.24, 2.45) is 10.9 Å². The molecule has 1 fully saturated rings. The number of hydrogen-bond acceptors (Lipinski definition) is 3. The lowest BCUT2D eigenvalue weighted by Gasteiger charge is -2.28. The Morgan fingerprint density at radius 3 is 2.70 bits per heavy atom. The molecule has 1 aromatic rings. The summed E-state index contributed by atoms with van der Waals surface area (Å²) in [6, 6.07) is 4.51. The molecule has 0 saturated heterocycles. The molecule has 1 heterocycles. The number of nitrogens with one attached hydrogen (secondary N) is 2. The minimum absolute atomic E-state index is 0.542. The molecule has 1 aliphatic carbocycles. The molecule has 0 spiro atoms. The summed E-state index contributed by atoms with van der Waals surface area (Å²) in [5, 5.41) is 6.89. The van der Waals surface area contributed by atoms with Gasteiger partial charge in [0, 0.05) is 31.9 Å². The Morgan fingerprint density at radius 1 is 1.30 bits per heavy atom. The van der Waals surface area contributed by atoms with E-state index in [0.29, 0.717) is 25.1 Å². The average Bonchev–Trinajstić information content (AvgIpc) is 2.59. The van der Waals surface area contributed by atoms with E-state index in [1.54, 1.807) is 0 Å². The second-order valence-corrected chi connectivity index (χ2v) is 6.38. The SMILES string of the molecule is CCCOc1ccc(CNC(=NC)NC2CCC(C)CC2)cn1. The van der Waals surface area contributed by atoms with E-state index in [1.165, 1.54) is 25.7 Å². The van der Waals surface area contributed by atoms with Gasteiger partial charge in [0.2, 0.25) is 5.88 Å². The molecule has 23 heavy (non-hydrogen) atoms. The first-order chi connectivity index (χ1) is 11.2. The first-order valence-electron chi connectivity index (χ1n) is 8.76. The van der Waals surface area contributed by atoms with Crippen LogP contribution in [0.1, 0.15) is 51.5 Å². The van der Waals surface area contributed by atoms with Crippen molar-refractivity contribution >= 4 is 5.96 Å². The topological polar surface area (TPSA) is 58.5 Å². The van der Waals surface area contributed by atoms with Crippen LogP contribution in [-0.2, 0) is 6.54 Å². The third-order valence-corrected chi connectivity index (χ3v) is 4.29. The van der Waals surface area contributed by atoms with Crippen molar-refractivity contribution in [3.05, 3.63) is 23.9 Å². The van der Waals surface area contributed by atoms with Gasteiger partial charge in [-0.25, -0.2) is 4.98 Å². The molecule has 1 aliphatic rings. The number of rotatable bonds is 6. The zero-order valence-electron chi connectivity index (χ0n) is 14.6. The van der Waals surface area contributed by atoms with Crippen LogP contribution in [0.2, 0.25) is 0 Å². The average molecular weight is 318 g/mol. The number of pyridine rings is 1. The van der Waals surface area contributed by atoms with E-state index in [-0.39, 0.29) is 0 Å². The van der Waals surface area contributed by atoms with Crippen LogP contribution in [0.5, 0.6) is 5.88 Å². The maximum Gasteiger partial charge on any atom is 0.213 e. The van der Waals surface area contributed by atoms with Crippen molar-refractivity contribution in [1.82, 2.24) is 15.6 Å². The van der Waals surface area contributed by atoms with Crippen LogP contribution in [0.15, 0.2) is 23.3 Å². The van der Waals surface area contributed by atoms with Crippen molar-refractivity contribution in [2.45, 2.75) is 58.5 Å². The highest BCUT2D eigenvalue weighted by Crippen LogP contribution is 2.23. The van der Waals surface area contributed by atoms with Crippen LogP contribution in [0.25, 0.3) is 0 Å². The van der Waals surface area contributed by atoms with Gasteiger partial charge >= 0.3 is 0 Å². The highest BCUT2D eigenvalue weighted by Gasteiger charge is 2.18. The van der Waals surface area contributed by atoms with E-state index >= 15 is 0 Å². The molecule has 5 heteroatoms. The highest BCUT2D eigenvalue weighted by atomic mass is 16.5. The summed E-state index contributed by atoms with van der Waals surface area (Å²) in [5.74, 6) is 2.42. The minimum atomic E-state index is 0.542. The monoisotopic (exact) mass is 318 g/mol. The van der Waals surface area contributed by atoms with Crippen LogP contribution in [0.3, 0.4) is 0 Å². The Bertz CT molecular complexity index is 478. The number of nitrogens with zero attached hydrogens (tertiary/aromatic N) is 2. The summed E-state index contributed by atoms with van der Waals surface area (Å²) >= 11 is 0. The van der Waals surface area contributed by atoms with Crippen molar-refractivity contribution in [3.63, 3.8) is 0 Å². The van der Waals surface area contributed by atoms with Gasteiger partial charge in [0.05, 0.1) is 6.61 Å². The molecule has 128 valence electrons. The van der Waals surface area contributed by atoms with Gasteiger partial charge in [0.15, 0.2) is 5.96 Å². The third kappa shape index (κ3) is 6.08. The zero-order valence-corrected chi connectivity index (χ0v) is 14.6. The largest absolute Gasteiger partial charge is 0.478 e. The van der Waals surface area contributed by atoms with Gasteiger partial charge in [-0.15, -0.1) is 0 Å². The fourth-order valence-electron chi connectivity index (χ4n) is 2.79. The lowest BCUT2D eigenvalue weighted by molar-refractivity contribution is 0.305. The molecule has 0 aromatic carbocycles. The molecule has 2 rings (SSSR count). The van der Waals surface area contributed by atoms with Crippen molar-refractivity contribution in [3.8, 4) is 5.88 Å². The van der Waals surface area contributed by atoms with Gasteiger partial charge < -0.3 is 15.4 Å². The second-order valence-electron chi connectivity index (χ2n) is 6.38. The predicted octanol–water partition coefficient (Wildman–Crippen LogP) is 3.11. The normalized spacial score (nSPS) is 21.8. The van der Waals surface area contributed by atoms with Gasteiger partial charge in [-0.2, -0.15) is 0 Å². The summed E-state index contributed by atoms with van der Waals surface area (Å²) in [4.78, 5) is 8.65. The van der Waals surface area contributed by atoms with Gasteiger partial charge in [0.1, 0.15) is 0 Å². The van der Waals surface area contributed by atoms with E-state index in [1.807, 2.05) is 25.4 Å². The molecule has 0 amide bonds. The molecule has 5 nitrogen and oxygen atoms in total. The van der Waals surface area contributed by atoms with E-state index in [9.17, 15) is 0 Å². The molecular formula is C18H30N4O. The Balaban J connectivity index is 1.76. The predicted molar refractivity (Wildman–Crippen MR) is 94.8 cm³/mol. The second kappa shape index (κ2) is 9.38. The quantitative estimate of drug-likeness (QED) is 0.625. The Morgan fingerprint density at radius 2 is 2.09 bits per heavy atom. The maximum atomic E-state index is 5.50. The summed E-state index contributed by atoms with van der Waals surface area (Å²) in [6.45, 7) is 5.85. The van der Waals surface area contributed by atoms with E-state index in [2.05, 4.69) is 34.5 Å². The standard InChI is InChI=1S/C18H30N4O/c1-4-11-23-17-10-7-15(12-20-17)13-21-18(19-3)22-16-8-5-14(2)6-9-16/h7,10,12,14,16H,4-6,8-9,11,13H2,1-3H3,(H2,19,21,22). The van der Waals surface area contributed by atoms with Crippen LogP contribution in [0.4, 0.5) is 0 Å². The van der Waals surface area contributed by atoms with Crippen molar-refractivity contribution < 1.29 is 4.74 Å². The summed E-state index contributed by atoms with van der Waals surface area (Å²) in [7, 11) is 1.82. The molecule has 0 unspecified atom stereocenters. The number of aromatic nitrogens is 1. The molecule has 1 saturated carbocycles. The summed E-state index contributed by atoms with van der Waals surface area (Å²) in [6.07, 6.45) is 7.91. The van der Waals surface area contributed by atoms with Crippen molar-refractivity contribution in [2.75, 3.05) is 13.7 Å². The van der Waals surface area contributed by atoms with Crippen LogP contribution >= 0.6 is 0 Å². The first-order valence-corrected chi connectivity index (χ1v) is 8.76. The third-order valence-electron chi connectivity index (χ3n) is 4.29. The Labute approximate surface area is 139 Å². The van der Waals surface area contributed by atoms with E-state index in [4.69, 9.17) is 4.74 Å². The fraction of sp³-hybridized carbons (Fsp3) is 0.667. The lowest BCUT2D eigenvalue weighted by Crippen LogP contribution is -2.44. The van der Waals surface area contributed by atoms with Gasteiger partial charge in [0.25, 0.3) is 0 Å². The number of guanidine groups is 1. The molecule has 0 radical (unpaired) electrons. The Kier molecular flexibility index (Phi) is 7.17. The summed E-state index contributed by atoms with van der Waals surface area (Å²) < 4.78 is 5.50.